The van der Waals surface area contributed by atoms with Crippen molar-refractivity contribution in [2.75, 3.05) is 25.4 Å². The number of nitrogens with two attached hydrogens (primary N) is 1. The maximum Gasteiger partial charge on any atom is 0.251 e. The number of benzene rings is 1. The standard InChI is InChI=1S/C17H25ClN4O2/c1-10(2)15(17(24)22-7-6-20-9-11(22)3)21-16(23)12-4-5-14(19)13(18)8-12/h4-5,8,10-11,15,20H,6-7,9,19H2,1-3H3,(H,21,23)/t11-,15?/m1/s1. The van der Waals surface area contributed by atoms with Crippen molar-refractivity contribution in [2.45, 2.75) is 32.9 Å². The highest BCUT2D eigenvalue weighted by atomic mass is 35.5. The van der Waals surface area contributed by atoms with Gasteiger partial charge in [0.2, 0.25) is 5.91 Å². The molecule has 6 nitrogen and oxygen atoms in total. The van der Waals surface area contributed by atoms with E-state index in [4.69, 9.17) is 17.3 Å². The maximum absolute atomic E-state index is 12.9. The van der Waals surface area contributed by atoms with Crippen molar-refractivity contribution in [1.82, 2.24) is 15.5 Å². The Morgan fingerprint density at radius 2 is 2.12 bits per heavy atom. The van der Waals surface area contributed by atoms with E-state index in [2.05, 4.69) is 10.6 Å². The predicted octanol–water partition coefficient (Wildman–Crippen LogP) is 1.50. The molecule has 2 amide bonds. The average Bonchev–Trinajstić information content (AvgIpc) is 2.54. The topological polar surface area (TPSA) is 87.5 Å². The summed E-state index contributed by atoms with van der Waals surface area (Å²) in [5.41, 5.74) is 6.47. The highest BCUT2D eigenvalue weighted by Crippen LogP contribution is 2.20. The summed E-state index contributed by atoms with van der Waals surface area (Å²) in [6.07, 6.45) is 0. The molecule has 2 rings (SSSR count). The molecule has 1 unspecified atom stereocenters. The van der Waals surface area contributed by atoms with Gasteiger partial charge in [-0.15, -0.1) is 0 Å². The van der Waals surface area contributed by atoms with E-state index in [0.717, 1.165) is 13.1 Å². The van der Waals surface area contributed by atoms with Crippen molar-refractivity contribution in [1.29, 1.82) is 0 Å². The van der Waals surface area contributed by atoms with Gasteiger partial charge in [0.1, 0.15) is 6.04 Å². The van der Waals surface area contributed by atoms with Gasteiger partial charge in [-0.1, -0.05) is 25.4 Å². The van der Waals surface area contributed by atoms with Gasteiger partial charge < -0.3 is 21.3 Å². The molecule has 0 spiro atoms. The second-order valence-corrected chi connectivity index (χ2v) is 6.92. The summed E-state index contributed by atoms with van der Waals surface area (Å²) in [6.45, 7) is 8.02. The number of carbonyl (C=O) groups is 2. The number of hydrogen-bond acceptors (Lipinski definition) is 4. The van der Waals surface area contributed by atoms with Crippen LogP contribution in [0.3, 0.4) is 0 Å². The summed E-state index contributed by atoms with van der Waals surface area (Å²) in [5.74, 6) is -0.395. The zero-order valence-electron chi connectivity index (χ0n) is 14.3. The minimum Gasteiger partial charge on any atom is -0.398 e. The Balaban J connectivity index is 2.14. The first-order chi connectivity index (χ1) is 11.3. The van der Waals surface area contributed by atoms with Gasteiger partial charge in [0.15, 0.2) is 0 Å². The van der Waals surface area contributed by atoms with Crippen molar-refractivity contribution < 1.29 is 9.59 Å². The molecule has 4 N–H and O–H groups in total. The van der Waals surface area contributed by atoms with Crippen LogP contribution in [0.5, 0.6) is 0 Å². The molecular formula is C17H25ClN4O2. The van der Waals surface area contributed by atoms with Crippen molar-refractivity contribution in [3.05, 3.63) is 28.8 Å². The first-order valence-corrected chi connectivity index (χ1v) is 8.56. The van der Waals surface area contributed by atoms with Crippen LogP contribution >= 0.6 is 11.6 Å². The third-order valence-electron chi connectivity index (χ3n) is 4.27. The Labute approximate surface area is 147 Å². The smallest absolute Gasteiger partial charge is 0.251 e. The number of rotatable bonds is 4. The third-order valence-corrected chi connectivity index (χ3v) is 4.59. The van der Waals surface area contributed by atoms with Gasteiger partial charge in [0.05, 0.1) is 10.7 Å². The number of nitrogen functional groups attached to an aromatic ring is 1. The first kappa shape index (κ1) is 18.5. The van der Waals surface area contributed by atoms with E-state index >= 15 is 0 Å². The zero-order valence-corrected chi connectivity index (χ0v) is 15.1. The summed E-state index contributed by atoms with van der Waals surface area (Å²) >= 11 is 5.97. The molecule has 1 aliphatic heterocycles. The van der Waals surface area contributed by atoms with Crippen molar-refractivity contribution in [2.24, 2.45) is 5.92 Å². The van der Waals surface area contributed by atoms with Gasteiger partial charge in [0.25, 0.3) is 5.91 Å². The van der Waals surface area contributed by atoms with Crippen LogP contribution in [0, 0.1) is 5.92 Å². The van der Waals surface area contributed by atoms with Crippen LogP contribution in [0.2, 0.25) is 5.02 Å². The third kappa shape index (κ3) is 4.19. The average molecular weight is 353 g/mol. The van der Waals surface area contributed by atoms with E-state index in [-0.39, 0.29) is 23.8 Å². The quantitative estimate of drug-likeness (QED) is 0.716. The van der Waals surface area contributed by atoms with Crippen LogP contribution in [-0.4, -0.2) is 48.4 Å². The number of amides is 2. The van der Waals surface area contributed by atoms with Crippen molar-refractivity contribution in [3.63, 3.8) is 0 Å². The number of anilines is 1. The molecule has 2 atom stereocenters. The number of hydrogen-bond donors (Lipinski definition) is 3. The van der Waals surface area contributed by atoms with E-state index < -0.39 is 6.04 Å². The van der Waals surface area contributed by atoms with Crippen molar-refractivity contribution in [3.8, 4) is 0 Å². The summed E-state index contributed by atoms with van der Waals surface area (Å²) < 4.78 is 0. The van der Waals surface area contributed by atoms with E-state index in [0.29, 0.717) is 22.8 Å². The summed E-state index contributed by atoms with van der Waals surface area (Å²) in [4.78, 5) is 27.2. The molecule has 1 heterocycles. The van der Waals surface area contributed by atoms with Gasteiger partial charge in [0, 0.05) is 31.2 Å². The van der Waals surface area contributed by atoms with Gasteiger partial charge in [-0.05, 0) is 31.0 Å². The number of halogens is 1. The van der Waals surface area contributed by atoms with Gasteiger partial charge in [-0.3, -0.25) is 9.59 Å². The molecule has 1 saturated heterocycles. The molecule has 0 bridgehead atoms. The van der Waals surface area contributed by atoms with Crippen molar-refractivity contribution >= 4 is 29.1 Å². The molecule has 0 aliphatic carbocycles. The van der Waals surface area contributed by atoms with E-state index in [1.807, 2.05) is 25.7 Å². The Hall–Kier alpha value is -1.79. The van der Waals surface area contributed by atoms with Gasteiger partial charge >= 0.3 is 0 Å². The van der Waals surface area contributed by atoms with Crippen LogP contribution in [0.4, 0.5) is 5.69 Å². The summed E-state index contributed by atoms with van der Waals surface area (Å²) in [5, 5.41) is 6.43. The SMILES string of the molecule is CC(C)C(NC(=O)c1ccc(N)c(Cl)c1)C(=O)N1CCNC[C@H]1C. The molecule has 132 valence electrons. The lowest BCUT2D eigenvalue weighted by molar-refractivity contribution is -0.137. The second kappa shape index (κ2) is 7.85. The molecule has 1 aliphatic rings. The molecule has 1 aromatic carbocycles. The summed E-state index contributed by atoms with van der Waals surface area (Å²) in [6, 6.07) is 4.24. The molecule has 1 fully saturated rings. The molecule has 0 aromatic heterocycles. The first-order valence-electron chi connectivity index (χ1n) is 8.18. The van der Waals surface area contributed by atoms with E-state index in [1.54, 1.807) is 12.1 Å². The Morgan fingerprint density at radius 1 is 1.42 bits per heavy atom. The lowest BCUT2D eigenvalue weighted by Crippen LogP contribution is -2.59. The number of carbonyl (C=O) groups excluding carboxylic acids is 2. The number of piperazine rings is 1. The van der Waals surface area contributed by atoms with Crippen LogP contribution in [0.1, 0.15) is 31.1 Å². The zero-order chi connectivity index (χ0) is 17.9. The second-order valence-electron chi connectivity index (χ2n) is 6.52. The molecule has 0 saturated carbocycles. The maximum atomic E-state index is 12.9. The van der Waals surface area contributed by atoms with Crippen LogP contribution in [-0.2, 0) is 4.79 Å². The fourth-order valence-electron chi connectivity index (χ4n) is 2.75. The Bertz CT molecular complexity index is 621. The Morgan fingerprint density at radius 3 is 2.71 bits per heavy atom. The molecule has 0 radical (unpaired) electrons. The Kier molecular flexibility index (Phi) is 6.07. The van der Waals surface area contributed by atoms with Gasteiger partial charge in [-0.25, -0.2) is 0 Å². The fourth-order valence-corrected chi connectivity index (χ4v) is 2.93. The molecule has 1 aromatic rings. The van der Waals surface area contributed by atoms with Crippen LogP contribution < -0.4 is 16.4 Å². The highest BCUT2D eigenvalue weighted by Gasteiger charge is 2.32. The highest BCUT2D eigenvalue weighted by molar-refractivity contribution is 6.33. The predicted molar refractivity (Wildman–Crippen MR) is 96.0 cm³/mol. The monoisotopic (exact) mass is 352 g/mol. The van der Waals surface area contributed by atoms with Crippen LogP contribution in [0.25, 0.3) is 0 Å². The fraction of sp³-hybridized carbons (Fsp3) is 0.529. The lowest BCUT2D eigenvalue weighted by Gasteiger charge is -2.37. The molecular weight excluding hydrogens is 328 g/mol. The summed E-state index contributed by atoms with van der Waals surface area (Å²) in [7, 11) is 0. The normalized spacial score (nSPS) is 19.2. The van der Waals surface area contributed by atoms with E-state index in [1.165, 1.54) is 6.07 Å². The van der Waals surface area contributed by atoms with Crippen LogP contribution in [0.15, 0.2) is 18.2 Å². The molecule has 7 heteroatoms. The number of nitrogens with one attached hydrogen (secondary N) is 2. The van der Waals surface area contributed by atoms with E-state index in [9.17, 15) is 9.59 Å². The largest absolute Gasteiger partial charge is 0.398 e. The number of nitrogens with zero attached hydrogens (tertiary/aromatic N) is 1. The molecule has 24 heavy (non-hydrogen) atoms. The van der Waals surface area contributed by atoms with Gasteiger partial charge in [-0.2, -0.15) is 0 Å². The minimum absolute atomic E-state index is 0.0206. The minimum atomic E-state index is -0.575. The lowest BCUT2D eigenvalue weighted by atomic mass is 10.0.